The van der Waals surface area contributed by atoms with Gasteiger partial charge in [0.15, 0.2) is 0 Å². The van der Waals surface area contributed by atoms with Crippen molar-refractivity contribution in [1.82, 2.24) is 24.5 Å². The molecule has 124 valence electrons. The van der Waals surface area contributed by atoms with Gasteiger partial charge in [0.25, 0.3) is 5.89 Å². The van der Waals surface area contributed by atoms with Crippen molar-refractivity contribution in [3.8, 4) is 11.4 Å². The van der Waals surface area contributed by atoms with E-state index >= 15 is 0 Å². The largest absolute Gasteiger partial charge is 0.442 e. The molecule has 0 spiro atoms. The second kappa shape index (κ2) is 5.94. The lowest BCUT2D eigenvalue weighted by Crippen LogP contribution is -2.05. The highest BCUT2D eigenvalue weighted by Crippen LogP contribution is 2.22. The summed E-state index contributed by atoms with van der Waals surface area (Å²) in [7, 11) is 1.92. The number of hydrogen-bond donors (Lipinski definition) is 0. The maximum absolute atomic E-state index is 12.2. The average Bonchev–Trinajstić information content (AvgIpc) is 3.22. The number of carbonyl (C=O) groups excluding carboxylic acids is 1. The molecule has 0 radical (unpaired) electrons. The summed E-state index contributed by atoms with van der Waals surface area (Å²) in [6.07, 6.45) is 8.60. The summed E-state index contributed by atoms with van der Waals surface area (Å²) in [5, 5.41) is 1.88. The number of Topliss-reactive ketones (excluding diaryl/α,β-unsaturated/α-hetero) is 1. The Labute approximate surface area is 143 Å². The van der Waals surface area contributed by atoms with E-state index in [0.29, 0.717) is 11.4 Å². The van der Waals surface area contributed by atoms with Crippen LogP contribution in [-0.4, -0.2) is 30.3 Å². The number of nitrogens with zero attached hydrogens (tertiary/aromatic N) is 5. The fourth-order valence-electron chi connectivity index (χ4n) is 2.65. The Balaban J connectivity index is 1.67. The monoisotopic (exact) mass is 333 g/mol. The van der Waals surface area contributed by atoms with E-state index in [-0.39, 0.29) is 18.1 Å². The zero-order valence-corrected chi connectivity index (χ0v) is 13.8. The summed E-state index contributed by atoms with van der Waals surface area (Å²) in [6, 6.07) is 3.86. The van der Waals surface area contributed by atoms with Crippen LogP contribution in [0.25, 0.3) is 22.2 Å². The maximum Gasteiger partial charge on any atom is 0.263 e. The molecule has 0 amide bonds. The van der Waals surface area contributed by atoms with Crippen LogP contribution in [0.2, 0.25) is 0 Å². The van der Waals surface area contributed by atoms with E-state index in [1.807, 2.05) is 23.7 Å². The van der Waals surface area contributed by atoms with Crippen LogP contribution in [-0.2, 0) is 13.5 Å². The van der Waals surface area contributed by atoms with Crippen molar-refractivity contribution in [2.45, 2.75) is 13.3 Å². The number of oxazole rings is 1. The first kappa shape index (κ1) is 15.2. The topological polar surface area (TPSA) is 86.7 Å². The quantitative estimate of drug-likeness (QED) is 0.534. The third kappa shape index (κ3) is 2.91. The van der Waals surface area contributed by atoms with Gasteiger partial charge in [0.05, 0.1) is 36.0 Å². The normalized spacial score (nSPS) is 11.1. The van der Waals surface area contributed by atoms with Crippen LogP contribution in [0.3, 0.4) is 0 Å². The fraction of sp³-hybridized carbons (Fsp3) is 0.167. The number of fused-ring (bicyclic) bond motifs is 1. The van der Waals surface area contributed by atoms with Crippen LogP contribution in [0, 0.1) is 6.92 Å². The standard InChI is InChI=1S/C18H15N5O2/c1-11-9-25-18(22-11)17(24)5-14-3-12-4-15(16-8-19-10-23(16)2)21-7-13(12)6-20-14/h3-4,6-10H,5H2,1-2H3. The predicted octanol–water partition coefficient (Wildman–Crippen LogP) is 2.75. The van der Waals surface area contributed by atoms with E-state index in [4.69, 9.17) is 4.42 Å². The van der Waals surface area contributed by atoms with Crippen LogP contribution in [0.4, 0.5) is 0 Å². The van der Waals surface area contributed by atoms with Crippen molar-refractivity contribution >= 4 is 16.6 Å². The van der Waals surface area contributed by atoms with E-state index in [1.165, 1.54) is 6.26 Å². The van der Waals surface area contributed by atoms with E-state index < -0.39 is 0 Å². The number of hydrogen-bond acceptors (Lipinski definition) is 6. The molecule has 0 fully saturated rings. The fourth-order valence-corrected chi connectivity index (χ4v) is 2.65. The first-order valence-corrected chi connectivity index (χ1v) is 7.77. The highest BCUT2D eigenvalue weighted by molar-refractivity contribution is 5.94. The minimum atomic E-state index is -0.194. The highest BCUT2D eigenvalue weighted by atomic mass is 16.3. The zero-order valence-electron chi connectivity index (χ0n) is 13.8. The van der Waals surface area contributed by atoms with Crippen molar-refractivity contribution in [3.05, 3.63) is 60.6 Å². The van der Waals surface area contributed by atoms with Gasteiger partial charge in [0.1, 0.15) is 6.26 Å². The van der Waals surface area contributed by atoms with Crippen LogP contribution in [0.5, 0.6) is 0 Å². The first-order valence-electron chi connectivity index (χ1n) is 7.77. The number of aryl methyl sites for hydroxylation is 2. The summed E-state index contributed by atoms with van der Waals surface area (Å²) in [6.45, 7) is 1.78. The van der Waals surface area contributed by atoms with Gasteiger partial charge in [-0.05, 0) is 24.4 Å². The van der Waals surface area contributed by atoms with Gasteiger partial charge in [-0.25, -0.2) is 9.97 Å². The molecule has 0 atom stereocenters. The molecule has 4 heterocycles. The Morgan fingerprint density at radius 2 is 2.00 bits per heavy atom. The van der Waals surface area contributed by atoms with Crippen LogP contribution >= 0.6 is 0 Å². The lowest BCUT2D eigenvalue weighted by atomic mass is 10.1. The van der Waals surface area contributed by atoms with Gasteiger partial charge < -0.3 is 8.98 Å². The van der Waals surface area contributed by atoms with Gasteiger partial charge in [-0.15, -0.1) is 0 Å². The Morgan fingerprint density at radius 1 is 1.16 bits per heavy atom. The Kier molecular flexibility index (Phi) is 3.61. The Bertz CT molecular complexity index is 1080. The summed E-state index contributed by atoms with van der Waals surface area (Å²) in [5.74, 6) is -0.0782. The number of carbonyl (C=O) groups is 1. The van der Waals surface area contributed by atoms with Gasteiger partial charge in [-0.1, -0.05) is 0 Å². The van der Waals surface area contributed by atoms with Gasteiger partial charge >= 0.3 is 0 Å². The van der Waals surface area contributed by atoms with Crippen LogP contribution < -0.4 is 0 Å². The molecule has 0 aromatic carbocycles. The van der Waals surface area contributed by atoms with Crippen molar-refractivity contribution < 1.29 is 9.21 Å². The van der Waals surface area contributed by atoms with Crippen LogP contribution in [0.15, 0.2) is 47.7 Å². The van der Waals surface area contributed by atoms with Crippen molar-refractivity contribution in [2.75, 3.05) is 0 Å². The third-order valence-corrected chi connectivity index (χ3v) is 3.94. The number of aromatic nitrogens is 5. The number of pyridine rings is 2. The molecular formula is C18H15N5O2. The van der Waals surface area contributed by atoms with E-state index in [1.54, 1.807) is 31.8 Å². The molecule has 0 aliphatic rings. The van der Waals surface area contributed by atoms with Crippen molar-refractivity contribution in [3.63, 3.8) is 0 Å². The number of ketones is 1. The molecule has 4 aromatic rings. The zero-order chi connectivity index (χ0) is 17.4. The van der Waals surface area contributed by atoms with E-state index in [2.05, 4.69) is 19.9 Å². The van der Waals surface area contributed by atoms with Gasteiger partial charge in [-0.3, -0.25) is 14.8 Å². The summed E-state index contributed by atoms with van der Waals surface area (Å²) in [5.41, 5.74) is 3.09. The number of imidazole rings is 1. The summed E-state index contributed by atoms with van der Waals surface area (Å²) in [4.78, 5) is 29.2. The molecule has 4 rings (SSSR count). The molecule has 0 unspecified atom stereocenters. The second-order valence-corrected chi connectivity index (χ2v) is 5.88. The second-order valence-electron chi connectivity index (χ2n) is 5.88. The van der Waals surface area contributed by atoms with Crippen molar-refractivity contribution in [2.24, 2.45) is 7.05 Å². The smallest absolute Gasteiger partial charge is 0.263 e. The molecular weight excluding hydrogens is 318 g/mol. The highest BCUT2D eigenvalue weighted by Gasteiger charge is 2.14. The maximum atomic E-state index is 12.2. The molecule has 0 N–H and O–H groups in total. The number of rotatable bonds is 4. The van der Waals surface area contributed by atoms with Crippen LogP contribution in [0.1, 0.15) is 22.1 Å². The van der Waals surface area contributed by atoms with Gasteiger partial charge in [0.2, 0.25) is 5.78 Å². The molecule has 0 saturated carbocycles. The first-order chi connectivity index (χ1) is 12.1. The predicted molar refractivity (Wildman–Crippen MR) is 91.0 cm³/mol. The molecule has 0 aliphatic heterocycles. The van der Waals surface area contributed by atoms with Gasteiger partial charge in [0, 0.05) is 30.5 Å². The molecule has 7 heteroatoms. The lowest BCUT2D eigenvalue weighted by molar-refractivity contribution is 0.0958. The minimum absolute atomic E-state index is 0.115. The van der Waals surface area contributed by atoms with E-state index in [9.17, 15) is 4.79 Å². The molecule has 0 bridgehead atoms. The lowest BCUT2D eigenvalue weighted by Gasteiger charge is -2.05. The SMILES string of the molecule is Cc1coc(C(=O)Cc2cc3cc(-c4cncn4C)ncc3cn2)n1. The Morgan fingerprint density at radius 3 is 2.72 bits per heavy atom. The average molecular weight is 333 g/mol. The van der Waals surface area contributed by atoms with E-state index in [0.717, 1.165) is 22.2 Å². The minimum Gasteiger partial charge on any atom is -0.442 e. The third-order valence-electron chi connectivity index (χ3n) is 3.94. The molecule has 0 saturated heterocycles. The Hall–Kier alpha value is -3.35. The molecule has 7 nitrogen and oxygen atoms in total. The summed E-state index contributed by atoms with van der Waals surface area (Å²) >= 11 is 0. The molecule has 0 aliphatic carbocycles. The van der Waals surface area contributed by atoms with Gasteiger partial charge in [-0.2, -0.15) is 0 Å². The molecule has 4 aromatic heterocycles. The van der Waals surface area contributed by atoms with Crippen molar-refractivity contribution in [1.29, 1.82) is 0 Å². The molecule has 25 heavy (non-hydrogen) atoms. The summed E-state index contributed by atoms with van der Waals surface area (Å²) < 4.78 is 7.07.